The van der Waals surface area contributed by atoms with Gasteiger partial charge in [-0.15, -0.1) is 0 Å². The lowest BCUT2D eigenvalue weighted by Gasteiger charge is -2.27. The molecule has 0 aromatic rings. The molecule has 0 rings (SSSR count). The van der Waals surface area contributed by atoms with Gasteiger partial charge in [-0.3, -0.25) is 13.8 Å². The summed E-state index contributed by atoms with van der Waals surface area (Å²) >= 11 is 0. The van der Waals surface area contributed by atoms with E-state index >= 15 is 0 Å². The van der Waals surface area contributed by atoms with Crippen molar-refractivity contribution in [3.8, 4) is 0 Å². The van der Waals surface area contributed by atoms with Gasteiger partial charge in [0.05, 0.1) is 20.0 Å². The fraction of sp³-hybridized carbons (Fsp3) is 0.889. The lowest BCUT2D eigenvalue weighted by molar-refractivity contribution is -0.896. The first-order valence-corrected chi connectivity index (χ1v) is 6.62. The number of hydrogen-bond donors (Lipinski definition) is 1. The molecule has 0 bridgehead atoms. The Labute approximate surface area is 96.5 Å². The number of carbonyl (C=O) groups excluding carboxylic acids is 1. The minimum atomic E-state index is -4.07. The average Bonchev–Trinajstić information content (AvgIpc) is 2.09. The Morgan fingerprint density at radius 2 is 1.94 bits per heavy atom. The van der Waals surface area contributed by atoms with E-state index in [0.717, 1.165) is 0 Å². The van der Waals surface area contributed by atoms with Gasteiger partial charge in [-0.1, -0.05) is 13.8 Å². The van der Waals surface area contributed by atoms with Crippen LogP contribution < -0.4 is 0 Å². The molecule has 16 heavy (non-hydrogen) atoms. The molecular formula is C9H20NO5S+. The molecular weight excluding hydrogens is 237 g/mol. The van der Waals surface area contributed by atoms with Gasteiger partial charge in [0.15, 0.2) is 0 Å². The summed E-state index contributed by atoms with van der Waals surface area (Å²) in [6, 6.07) is 0. The van der Waals surface area contributed by atoms with Gasteiger partial charge in [0.1, 0.15) is 0 Å². The zero-order valence-corrected chi connectivity index (χ0v) is 11.0. The molecule has 0 heterocycles. The van der Waals surface area contributed by atoms with Crippen molar-refractivity contribution in [1.29, 1.82) is 0 Å². The minimum Gasteiger partial charge on any atom is -0.415 e. The molecule has 7 heteroatoms. The number of esters is 1. The molecule has 6 nitrogen and oxygen atoms in total. The maximum absolute atomic E-state index is 11.3. The van der Waals surface area contributed by atoms with Crippen LogP contribution in [0.15, 0.2) is 0 Å². The second-order valence-corrected chi connectivity index (χ2v) is 5.97. The number of quaternary nitrogens is 1. The van der Waals surface area contributed by atoms with Crippen LogP contribution in [0.1, 0.15) is 20.3 Å². The predicted molar refractivity (Wildman–Crippen MR) is 58.9 cm³/mol. The quantitative estimate of drug-likeness (QED) is 0.187. The van der Waals surface area contributed by atoms with E-state index in [-0.39, 0.29) is 23.1 Å². The van der Waals surface area contributed by atoms with Crippen LogP contribution in [0.2, 0.25) is 0 Å². The maximum atomic E-state index is 11.3. The molecule has 0 fully saturated rings. The van der Waals surface area contributed by atoms with Gasteiger partial charge in [-0.25, -0.2) is 0 Å². The SMILES string of the molecule is CCC(C)C(=O)OC[15N+]([13CH3])([13CH3])CS(=O)(=O)O. The molecule has 96 valence electrons. The monoisotopic (exact) mass is 257 g/mol. The summed E-state index contributed by atoms with van der Waals surface area (Å²) in [6.45, 7) is 3.53. The topological polar surface area (TPSA) is 80.7 Å². The summed E-state index contributed by atoms with van der Waals surface area (Å²) < 4.78 is 34.9. The standard InChI is InChI=1S/C9H19NO5S/c1-5-8(2)9(11)15-6-10(3,4)7-16(12,13)14/h8H,5-7H2,1-4H3/p+1/i3+1,4+1,10+1. The molecule has 0 amide bonds. The Morgan fingerprint density at radius 3 is 2.31 bits per heavy atom. The van der Waals surface area contributed by atoms with Crippen LogP contribution in [0.25, 0.3) is 0 Å². The Kier molecular flexibility index (Phi) is 5.37. The van der Waals surface area contributed by atoms with E-state index in [2.05, 4.69) is 0 Å². The highest BCUT2D eigenvalue weighted by molar-refractivity contribution is 7.85. The molecule has 0 aliphatic carbocycles. The van der Waals surface area contributed by atoms with Gasteiger partial charge >= 0.3 is 16.1 Å². The van der Waals surface area contributed by atoms with Gasteiger partial charge in [-0.2, -0.15) is 8.42 Å². The van der Waals surface area contributed by atoms with Crippen LogP contribution in [-0.4, -0.2) is 50.1 Å². The highest BCUT2D eigenvalue weighted by Gasteiger charge is 2.25. The summed E-state index contributed by atoms with van der Waals surface area (Å²) in [6.07, 6.45) is 0.671. The van der Waals surface area contributed by atoms with Crippen LogP contribution in [0.3, 0.4) is 0 Å². The summed E-state index contributed by atoms with van der Waals surface area (Å²) in [4.78, 5) is 11.3. The molecule has 0 aromatic heterocycles. The second kappa shape index (κ2) is 5.60. The smallest absolute Gasteiger partial charge is 0.316 e. The number of rotatable bonds is 6. The number of nitrogens with zero attached hydrogens (tertiary/aromatic N) is 1. The van der Waals surface area contributed by atoms with Crippen molar-refractivity contribution in [2.45, 2.75) is 20.3 Å². The van der Waals surface area contributed by atoms with Crippen molar-refractivity contribution >= 4 is 16.1 Å². The van der Waals surface area contributed by atoms with Crippen LogP contribution in [0, 0.1) is 5.92 Å². The number of ether oxygens (including phenoxy) is 1. The van der Waals surface area contributed by atoms with Gasteiger partial charge in [-0.05, 0) is 6.42 Å². The van der Waals surface area contributed by atoms with Crippen LogP contribution in [-0.2, 0) is 19.6 Å². The summed E-state index contributed by atoms with van der Waals surface area (Å²) in [5.41, 5.74) is 0. The van der Waals surface area contributed by atoms with E-state index < -0.39 is 16.0 Å². The van der Waals surface area contributed by atoms with E-state index in [1.165, 1.54) is 0 Å². The van der Waals surface area contributed by atoms with Gasteiger partial charge < -0.3 is 4.74 Å². The Balaban J connectivity index is 4.24. The summed E-state index contributed by atoms with van der Waals surface area (Å²) in [5, 5.41) is 0. The van der Waals surface area contributed by atoms with Crippen LogP contribution in [0.4, 0.5) is 0 Å². The fourth-order valence-corrected chi connectivity index (χ4v) is 1.98. The number of carbonyl (C=O) groups is 1. The molecule has 0 aliphatic heterocycles. The Hall–Kier alpha value is -0.660. The first kappa shape index (κ1) is 15.3. The van der Waals surface area contributed by atoms with Crippen molar-refractivity contribution in [1.82, 2.24) is 0 Å². The van der Waals surface area contributed by atoms with Crippen LogP contribution in [0.5, 0.6) is 0 Å². The minimum absolute atomic E-state index is 0.0804. The highest BCUT2D eigenvalue weighted by Crippen LogP contribution is 2.06. The molecule has 1 atom stereocenters. The predicted octanol–water partition coefficient (Wildman–Crippen LogP) is 0.455. The normalized spacial score (nSPS) is 14.6. The Bertz CT molecular complexity index is 336. The second-order valence-electron chi connectivity index (χ2n) is 4.55. The van der Waals surface area contributed by atoms with Crippen LogP contribution >= 0.6 is 0 Å². The molecule has 1 unspecified atom stereocenters. The lowest BCUT2D eigenvalue weighted by atomic mass is 10.1. The van der Waals surface area contributed by atoms with E-state index in [0.29, 0.717) is 6.42 Å². The van der Waals surface area contributed by atoms with Crippen molar-refractivity contribution in [2.75, 3.05) is 26.7 Å². The summed E-state index contributed by atoms with van der Waals surface area (Å²) in [7, 11) is -0.968. The van der Waals surface area contributed by atoms with E-state index in [1.807, 2.05) is 6.92 Å². The largest absolute Gasteiger partial charge is 0.415 e. The van der Waals surface area contributed by atoms with E-state index in [9.17, 15) is 13.2 Å². The molecule has 0 spiro atoms. The van der Waals surface area contributed by atoms with E-state index in [4.69, 9.17) is 9.29 Å². The molecule has 1 N–H and O–H groups in total. The van der Waals surface area contributed by atoms with Gasteiger partial charge in [0, 0.05) is 0 Å². The maximum Gasteiger partial charge on any atom is 0.316 e. The molecule has 0 aromatic carbocycles. The zero-order chi connectivity index (χ0) is 13.0. The first-order chi connectivity index (χ1) is 7.07. The summed E-state index contributed by atoms with van der Waals surface area (Å²) in [5.74, 6) is -1.05. The third kappa shape index (κ3) is 6.76. The first-order valence-electron chi connectivity index (χ1n) is 5.01. The molecule has 0 saturated carbocycles. The lowest BCUT2D eigenvalue weighted by Crippen LogP contribution is -2.46. The van der Waals surface area contributed by atoms with Crippen molar-refractivity contribution < 1.29 is 27.0 Å². The number of hydrogen-bond acceptors (Lipinski definition) is 4. The van der Waals surface area contributed by atoms with Crippen molar-refractivity contribution in [2.24, 2.45) is 5.92 Å². The van der Waals surface area contributed by atoms with E-state index in [1.54, 1.807) is 21.0 Å². The molecule has 0 aliphatic rings. The molecule has 0 radical (unpaired) electrons. The van der Waals surface area contributed by atoms with Crippen molar-refractivity contribution in [3.05, 3.63) is 0 Å². The third-order valence-electron chi connectivity index (χ3n) is 2.08. The average molecular weight is 257 g/mol. The van der Waals surface area contributed by atoms with Gasteiger partial charge in [0.2, 0.25) is 12.6 Å². The van der Waals surface area contributed by atoms with Crippen molar-refractivity contribution in [3.63, 3.8) is 0 Å². The third-order valence-corrected chi connectivity index (χ3v) is 3.11. The highest BCUT2D eigenvalue weighted by atomic mass is 32.2. The molecule has 0 saturated heterocycles. The Morgan fingerprint density at radius 1 is 1.44 bits per heavy atom. The zero-order valence-electron chi connectivity index (χ0n) is 10.1. The van der Waals surface area contributed by atoms with Gasteiger partial charge in [0.25, 0.3) is 0 Å². The fourth-order valence-electron chi connectivity index (χ4n) is 1.03.